The molecule has 2 fully saturated rings. The normalized spacial score (nSPS) is 21.0. The highest BCUT2D eigenvalue weighted by atomic mass is 28.4. The number of hydrogen-bond acceptors (Lipinski definition) is 18. The summed E-state index contributed by atoms with van der Waals surface area (Å²) in [5.41, 5.74) is 1.89. The number of carbonyl (C=O) groups is 5. The van der Waals surface area contributed by atoms with Gasteiger partial charge in [-0.3, -0.25) is 24.0 Å². The number of aliphatic hydroxyl groups is 1. The van der Waals surface area contributed by atoms with Crippen molar-refractivity contribution in [3.63, 3.8) is 0 Å². The van der Waals surface area contributed by atoms with Crippen LogP contribution in [-0.4, -0.2) is 192 Å². The monoisotopic (exact) mass is 1500 g/mol. The molecule has 2 aliphatic heterocycles. The van der Waals surface area contributed by atoms with E-state index in [4.69, 9.17) is 55.6 Å². The van der Waals surface area contributed by atoms with Crippen molar-refractivity contribution in [1.82, 2.24) is 21.3 Å². The van der Waals surface area contributed by atoms with Gasteiger partial charge in [0, 0.05) is 23.0 Å². The number of hydrogen-bond donors (Lipinski definition) is 5. The third-order valence-corrected chi connectivity index (χ3v) is 41.0. The van der Waals surface area contributed by atoms with E-state index in [2.05, 4.69) is 171 Å². The molecule has 22 nitrogen and oxygen atoms in total. The van der Waals surface area contributed by atoms with E-state index in [-0.39, 0.29) is 82.6 Å². The van der Waals surface area contributed by atoms with Crippen molar-refractivity contribution in [2.75, 3.05) is 82.3 Å². The smallest absolute Gasteiger partial charge is 0.245 e. The van der Waals surface area contributed by atoms with Gasteiger partial charge in [-0.15, -0.1) is 0 Å². The number of methoxy groups -OCH3 is 6. The van der Waals surface area contributed by atoms with E-state index in [0.29, 0.717) is 92.5 Å². The lowest BCUT2D eigenvalue weighted by Gasteiger charge is -2.39. The summed E-state index contributed by atoms with van der Waals surface area (Å²) in [6, 6.07) is 0.464. The summed E-state index contributed by atoms with van der Waals surface area (Å²) >= 11 is 0. The van der Waals surface area contributed by atoms with Crippen molar-refractivity contribution in [3.05, 3.63) is 34.4 Å². The quantitative estimate of drug-likeness (QED) is 0.0322. The Balaban J connectivity index is 0.000000367. The summed E-state index contributed by atoms with van der Waals surface area (Å²) in [6.07, 6.45) is 3.22. The standard InChI is InChI=1S/C38H68N2O9Si2.C38H66N2O9Si2/c2*1-24(2)18-28(33(41)38(22-47-38)23-49-51(14,15)37(6,7)8)39-35(43)29(21-48-50(12,13)36(3,4)5)40-34(42)26-17-16-25-20-30(44-9)32(46-11)31(45-10)27(25)19-26/h20,24,26,28-29,33,41H,16-19,21-23H2,1-15H3,(H,39,43)(H,40,42);20,24,26,28-29H,16-19,21-23H2,1-15H3,(H,39,43)(H,40,42)/t26-,28-,29-,33-,38?;26-,28-,29-,38?/m00/s1. The number of aliphatic hydroxyl groups excluding tert-OH is 1. The minimum absolute atomic E-state index is 0.000365. The molecule has 0 bridgehead atoms. The average molecular weight is 1500 g/mol. The van der Waals surface area contributed by atoms with Gasteiger partial charge in [0.05, 0.1) is 94.4 Å². The van der Waals surface area contributed by atoms with Gasteiger partial charge in [0.1, 0.15) is 23.8 Å². The van der Waals surface area contributed by atoms with Crippen molar-refractivity contribution in [1.29, 1.82) is 0 Å². The van der Waals surface area contributed by atoms with Crippen molar-refractivity contribution < 1.29 is 84.7 Å². The lowest BCUT2D eigenvalue weighted by Crippen LogP contribution is -2.59. The first-order valence-corrected chi connectivity index (χ1v) is 48.4. The van der Waals surface area contributed by atoms with Crippen LogP contribution >= 0.6 is 0 Å². The van der Waals surface area contributed by atoms with Crippen LogP contribution in [0.15, 0.2) is 12.1 Å². The fourth-order valence-corrected chi connectivity index (χ4v) is 15.9. The van der Waals surface area contributed by atoms with Gasteiger partial charge < -0.3 is 82.0 Å². The minimum atomic E-state index is -2.31. The van der Waals surface area contributed by atoms with Crippen LogP contribution in [0.5, 0.6) is 34.5 Å². The maximum absolute atomic E-state index is 14.3. The Kier molecular flexibility index (Phi) is 29.8. The van der Waals surface area contributed by atoms with Crippen molar-refractivity contribution in [2.24, 2.45) is 23.7 Å². The molecular weight excluding hydrogens is 1370 g/mol. The number of aryl methyl sites for hydroxylation is 2. The van der Waals surface area contributed by atoms with E-state index in [9.17, 15) is 29.1 Å². The summed E-state index contributed by atoms with van der Waals surface area (Å²) in [6.45, 7) is 52.0. The van der Waals surface area contributed by atoms with Gasteiger partial charge >= 0.3 is 0 Å². The molecule has 0 saturated carbocycles. The van der Waals surface area contributed by atoms with Gasteiger partial charge in [-0.05, 0) is 159 Å². The Morgan fingerprint density at radius 3 is 1.17 bits per heavy atom. The molecule has 582 valence electrons. The molecule has 9 atom stereocenters. The number of benzene rings is 2. The zero-order valence-electron chi connectivity index (χ0n) is 68.1. The van der Waals surface area contributed by atoms with Crippen molar-refractivity contribution in [2.45, 2.75) is 276 Å². The predicted molar refractivity (Wildman–Crippen MR) is 411 cm³/mol. The van der Waals surface area contributed by atoms with Crippen LogP contribution < -0.4 is 49.7 Å². The third kappa shape index (κ3) is 21.8. The number of ketones is 1. The van der Waals surface area contributed by atoms with Gasteiger partial charge in [0.15, 0.2) is 67.7 Å². The Hall–Kier alpha value is -4.62. The fraction of sp³-hybridized carbons (Fsp3) is 0.776. The molecule has 2 saturated heterocycles. The van der Waals surface area contributed by atoms with E-state index < -0.39 is 98.4 Å². The third-order valence-electron chi connectivity index (χ3n) is 23.0. The SMILES string of the molecule is COc1cc2c(c(OC)c1OC)C[C@@H](C(=O)N[C@@H](CO[Si](C)(C)C(C)(C)C)C(=O)N[C@@H](CC(C)C)C(=O)C1(CO[Si](C)(C)C(C)(C)C)CO1)CC2.COc1cc2c(c(OC)c1OC)C[C@@H](C(=O)N[C@@H](CO[Si](C)(C)C(C)(C)C)C(=O)N[C@@H](CC(C)C)[C@H](O)C1(CO[Si](C)(C)C(C)(C)C)CO1)CC2. The van der Waals surface area contributed by atoms with Crippen molar-refractivity contribution >= 4 is 62.7 Å². The molecule has 5 N–H and O–H groups in total. The van der Waals surface area contributed by atoms with Gasteiger partial charge in [-0.1, -0.05) is 111 Å². The maximum Gasteiger partial charge on any atom is 0.245 e. The summed E-state index contributed by atoms with van der Waals surface area (Å²) in [7, 11) is 0.576. The summed E-state index contributed by atoms with van der Waals surface area (Å²) in [5, 5.41) is 23.8. The number of rotatable bonds is 34. The van der Waals surface area contributed by atoms with Crippen LogP contribution in [-0.2, 0) is 76.8 Å². The van der Waals surface area contributed by atoms with Crippen LogP contribution in [0.25, 0.3) is 0 Å². The Labute approximate surface area is 616 Å². The maximum atomic E-state index is 14.3. The molecule has 0 spiro atoms. The number of fused-ring (bicyclic) bond motifs is 2. The van der Waals surface area contributed by atoms with E-state index in [1.54, 1.807) is 42.7 Å². The molecule has 102 heavy (non-hydrogen) atoms. The van der Waals surface area contributed by atoms with Crippen LogP contribution in [0.3, 0.4) is 0 Å². The molecule has 2 aliphatic carbocycles. The second kappa shape index (κ2) is 34.5. The zero-order valence-corrected chi connectivity index (χ0v) is 72.1. The molecular formula is C76H134N4O18Si4. The number of ether oxygens (including phenoxy) is 8. The second-order valence-electron chi connectivity index (χ2n) is 35.7. The molecule has 2 heterocycles. The molecule has 4 amide bonds. The highest BCUT2D eigenvalue weighted by Crippen LogP contribution is 2.49. The lowest BCUT2D eigenvalue weighted by molar-refractivity contribution is -0.135. The number of carbonyl (C=O) groups excluding carboxylic acids is 5. The van der Waals surface area contributed by atoms with E-state index in [0.717, 1.165) is 22.3 Å². The van der Waals surface area contributed by atoms with Crippen molar-refractivity contribution in [3.8, 4) is 34.5 Å². The second-order valence-corrected chi connectivity index (χ2v) is 54.9. The fourth-order valence-electron chi connectivity index (χ4n) is 11.8. The first kappa shape index (κ1) is 88.0. The highest BCUT2D eigenvalue weighted by molar-refractivity contribution is 6.75. The summed E-state index contributed by atoms with van der Waals surface area (Å²) in [5.74, 6) is 1.15. The van der Waals surface area contributed by atoms with E-state index in [1.807, 2.05) is 26.0 Å². The van der Waals surface area contributed by atoms with Crippen LogP contribution in [0.4, 0.5) is 0 Å². The van der Waals surface area contributed by atoms with Crippen LogP contribution in [0, 0.1) is 23.7 Å². The van der Waals surface area contributed by atoms with E-state index >= 15 is 0 Å². The molecule has 2 aromatic carbocycles. The van der Waals surface area contributed by atoms with Gasteiger partial charge in [-0.2, -0.15) is 0 Å². The van der Waals surface area contributed by atoms with Crippen LogP contribution in [0.1, 0.15) is 159 Å². The topological polar surface area (TPSA) is 271 Å². The van der Waals surface area contributed by atoms with Crippen LogP contribution in [0.2, 0.25) is 72.5 Å². The number of Topliss-reactive ketones (excluding diaryl/α,β-unsaturated/α-hetero) is 1. The lowest BCUT2D eigenvalue weighted by atomic mass is 9.82. The number of epoxide rings is 2. The zero-order chi connectivity index (χ0) is 77.5. The molecule has 4 aliphatic rings. The molecule has 6 rings (SSSR count). The average Bonchev–Trinajstić information content (AvgIpc) is 0.786. The Morgan fingerprint density at radius 2 is 0.843 bits per heavy atom. The molecule has 2 unspecified atom stereocenters. The minimum Gasteiger partial charge on any atom is -0.493 e. The Bertz CT molecular complexity index is 3190. The summed E-state index contributed by atoms with van der Waals surface area (Å²) in [4.78, 5) is 70.7. The van der Waals surface area contributed by atoms with Gasteiger partial charge in [0.2, 0.25) is 35.1 Å². The molecule has 0 aromatic heterocycles. The molecule has 2 aromatic rings. The summed E-state index contributed by atoms with van der Waals surface area (Å²) < 4.78 is 71.5. The number of nitrogens with one attached hydrogen (secondary N) is 4. The molecule has 26 heteroatoms. The predicted octanol–water partition coefficient (Wildman–Crippen LogP) is 12.2. The number of amides is 4. The Morgan fingerprint density at radius 1 is 0.490 bits per heavy atom. The first-order valence-electron chi connectivity index (χ1n) is 36.8. The largest absolute Gasteiger partial charge is 0.493 e. The highest BCUT2D eigenvalue weighted by Gasteiger charge is 2.58. The van der Waals surface area contributed by atoms with Gasteiger partial charge in [0.25, 0.3) is 0 Å². The van der Waals surface area contributed by atoms with Gasteiger partial charge in [-0.25, -0.2) is 0 Å². The van der Waals surface area contributed by atoms with E-state index in [1.165, 1.54) is 0 Å². The first-order chi connectivity index (χ1) is 46.9. The molecule has 0 radical (unpaired) electrons.